The van der Waals surface area contributed by atoms with Gasteiger partial charge in [-0.15, -0.1) is 0 Å². The summed E-state index contributed by atoms with van der Waals surface area (Å²) < 4.78 is 0. The summed E-state index contributed by atoms with van der Waals surface area (Å²) in [5.74, 6) is 0. The number of hydrogen-bond acceptors (Lipinski definition) is 3. The first-order valence-electron chi connectivity index (χ1n) is 4.52. The maximum Gasteiger partial charge on any atom is 0.0532 e. The lowest BCUT2D eigenvalue weighted by Crippen LogP contribution is -2.57. The van der Waals surface area contributed by atoms with Gasteiger partial charge in [-0.2, -0.15) is 0 Å². The van der Waals surface area contributed by atoms with E-state index >= 15 is 0 Å². The maximum atomic E-state index is 2.47. The van der Waals surface area contributed by atoms with Crippen LogP contribution in [-0.2, 0) is 0 Å². The molecule has 0 amide bonds. The second kappa shape index (κ2) is 3.32. The highest BCUT2D eigenvalue weighted by atomic mass is 15.5. The molecule has 0 aromatic carbocycles. The van der Waals surface area contributed by atoms with E-state index in [1.165, 1.54) is 0 Å². The molecule has 0 aromatic rings. The summed E-state index contributed by atoms with van der Waals surface area (Å²) in [7, 11) is 4.32. The molecular formula is C9H21N3. The lowest BCUT2D eigenvalue weighted by atomic mass is 10.1. The quantitative estimate of drug-likeness (QED) is 0.534. The van der Waals surface area contributed by atoms with Crippen molar-refractivity contribution in [2.24, 2.45) is 0 Å². The van der Waals surface area contributed by atoms with E-state index in [0.717, 1.165) is 20.0 Å². The fourth-order valence-corrected chi connectivity index (χ4v) is 1.55. The Bertz CT molecular complexity index is 140. The maximum absolute atomic E-state index is 2.47. The molecule has 1 saturated heterocycles. The summed E-state index contributed by atoms with van der Waals surface area (Å²) in [6, 6.07) is 0. The zero-order valence-electron chi connectivity index (χ0n) is 8.96. The number of rotatable bonds is 0. The van der Waals surface area contributed by atoms with Crippen molar-refractivity contribution in [3.8, 4) is 0 Å². The molecule has 1 rings (SSSR count). The van der Waals surface area contributed by atoms with Crippen LogP contribution >= 0.6 is 0 Å². The summed E-state index contributed by atoms with van der Waals surface area (Å²) >= 11 is 0. The van der Waals surface area contributed by atoms with Crippen molar-refractivity contribution in [1.82, 2.24) is 14.7 Å². The molecule has 12 heavy (non-hydrogen) atoms. The second-order valence-electron chi connectivity index (χ2n) is 4.85. The van der Waals surface area contributed by atoms with Crippen LogP contribution < -0.4 is 0 Å². The summed E-state index contributed by atoms with van der Waals surface area (Å²) in [4.78, 5) is 7.12. The highest BCUT2D eigenvalue weighted by Crippen LogP contribution is 2.16. The molecule has 1 fully saturated rings. The predicted molar refractivity (Wildman–Crippen MR) is 51.7 cm³/mol. The topological polar surface area (TPSA) is 9.72 Å². The van der Waals surface area contributed by atoms with E-state index in [-0.39, 0.29) is 5.54 Å². The van der Waals surface area contributed by atoms with E-state index in [0.29, 0.717) is 0 Å². The van der Waals surface area contributed by atoms with E-state index in [1.54, 1.807) is 0 Å². The molecule has 0 N–H and O–H groups in total. The minimum atomic E-state index is 0.281. The van der Waals surface area contributed by atoms with Crippen molar-refractivity contribution >= 4 is 0 Å². The molecule has 1 heterocycles. The average molecular weight is 171 g/mol. The van der Waals surface area contributed by atoms with Crippen LogP contribution in [0.25, 0.3) is 0 Å². The fraction of sp³-hybridized carbons (Fsp3) is 1.00. The Hall–Kier alpha value is -0.120. The Balaban J connectivity index is 2.55. The SMILES string of the molecule is CN1CN(C)CN(C(C)(C)C)C1. The Morgan fingerprint density at radius 2 is 1.25 bits per heavy atom. The van der Waals surface area contributed by atoms with Gasteiger partial charge >= 0.3 is 0 Å². The lowest BCUT2D eigenvalue weighted by molar-refractivity contribution is -0.0483. The van der Waals surface area contributed by atoms with Gasteiger partial charge in [-0.3, -0.25) is 14.7 Å². The van der Waals surface area contributed by atoms with Crippen LogP contribution in [0.15, 0.2) is 0 Å². The molecule has 0 atom stereocenters. The van der Waals surface area contributed by atoms with Crippen molar-refractivity contribution in [2.75, 3.05) is 34.1 Å². The molecule has 0 aromatic heterocycles. The Labute approximate surface area is 75.9 Å². The minimum Gasteiger partial charge on any atom is -0.280 e. The molecule has 0 spiro atoms. The van der Waals surface area contributed by atoms with Crippen molar-refractivity contribution < 1.29 is 0 Å². The normalized spacial score (nSPS) is 24.8. The van der Waals surface area contributed by atoms with E-state index in [4.69, 9.17) is 0 Å². The Morgan fingerprint density at radius 3 is 1.58 bits per heavy atom. The van der Waals surface area contributed by atoms with Gasteiger partial charge in [0.05, 0.1) is 20.0 Å². The molecule has 0 radical (unpaired) electrons. The summed E-state index contributed by atoms with van der Waals surface area (Å²) in [5, 5.41) is 0. The molecule has 1 aliphatic heterocycles. The monoisotopic (exact) mass is 171 g/mol. The molecule has 3 nitrogen and oxygen atoms in total. The molecule has 0 aliphatic carbocycles. The zero-order valence-corrected chi connectivity index (χ0v) is 8.96. The van der Waals surface area contributed by atoms with Gasteiger partial charge in [-0.1, -0.05) is 0 Å². The van der Waals surface area contributed by atoms with Crippen LogP contribution in [0.1, 0.15) is 20.8 Å². The number of hydrogen-bond donors (Lipinski definition) is 0. The average Bonchev–Trinajstić information content (AvgIpc) is 1.82. The number of nitrogens with zero attached hydrogens (tertiary/aromatic N) is 3. The van der Waals surface area contributed by atoms with E-state index in [1.807, 2.05) is 0 Å². The van der Waals surface area contributed by atoms with E-state index in [9.17, 15) is 0 Å². The van der Waals surface area contributed by atoms with Gasteiger partial charge in [-0.25, -0.2) is 0 Å². The summed E-state index contributed by atoms with van der Waals surface area (Å²) in [5.41, 5.74) is 0.281. The highest BCUT2D eigenvalue weighted by molar-refractivity contribution is 4.77. The third-order valence-electron chi connectivity index (χ3n) is 2.26. The molecule has 1 aliphatic rings. The first kappa shape index (κ1) is 9.96. The van der Waals surface area contributed by atoms with E-state index in [2.05, 4.69) is 49.6 Å². The van der Waals surface area contributed by atoms with Crippen LogP contribution in [0, 0.1) is 0 Å². The Kier molecular flexibility index (Phi) is 2.76. The molecule has 3 heteroatoms. The first-order chi connectivity index (χ1) is 5.39. The molecule has 0 bridgehead atoms. The molecule has 0 unspecified atom stereocenters. The van der Waals surface area contributed by atoms with Crippen LogP contribution in [0.3, 0.4) is 0 Å². The van der Waals surface area contributed by atoms with Gasteiger partial charge in [-0.05, 0) is 34.9 Å². The van der Waals surface area contributed by atoms with Gasteiger partial charge < -0.3 is 0 Å². The molecular weight excluding hydrogens is 150 g/mol. The Morgan fingerprint density at radius 1 is 0.833 bits per heavy atom. The van der Waals surface area contributed by atoms with Gasteiger partial charge in [0, 0.05) is 5.54 Å². The van der Waals surface area contributed by atoms with Crippen LogP contribution in [0.4, 0.5) is 0 Å². The van der Waals surface area contributed by atoms with Crippen LogP contribution in [-0.4, -0.2) is 54.3 Å². The van der Waals surface area contributed by atoms with Crippen molar-refractivity contribution in [1.29, 1.82) is 0 Å². The van der Waals surface area contributed by atoms with Gasteiger partial charge in [0.25, 0.3) is 0 Å². The molecule has 72 valence electrons. The van der Waals surface area contributed by atoms with Crippen LogP contribution in [0.2, 0.25) is 0 Å². The second-order valence-corrected chi connectivity index (χ2v) is 4.85. The standard InChI is InChI=1S/C9H21N3/c1-9(2,3)12-7-10(4)6-11(5)8-12/h6-8H2,1-5H3. The largest absolute Gasteiger partial charge is 0.280 e. The predicted octanol–water partition coefficient (Wildman–Crippen LogP) is 0.837. The summed E-state index contributed by atoms with van der Waals surface area (Å²) in [6.07, 6.45) is 0. The van der Waals surface area contributed by atoms with Gasteiger partial charge in [0.1, 0.15) is 0 Å². The third kappa shape index (κ3) is 2.44. The summed E-state index contributed by atoms with van der Waals surface area (Å²) in [6.45, 7) is 10.0. The van der Waals surface area contributed by atoms with Crippen LogP contribution in [0.5, 0.6) is 0 Å². The van der Waals surface area contributed by atoms with Crippen molar-refractivity contribution in [2.45, 2.75) is 26.3 Å². The fourth-order valence-electron chi connectivity index (χ4n) is 1.55. The molecule has 0 saturated carbocycles. The third-order valence-corrected chi connectivity index (χ3v) is 2.26. The first-order valence-corrected chi connectivity index (χ1v) is 4.52. The highest BCUT2D eigenvalue weighted by Gasteiger charge is 2.26. The van der Waals surface area contributed by atoms with Crippen molar-refractivity contribution in [3.05, 3.63) is 0 Å². The lowest BCUT2D eigenvalue weighted by Gasteiger charge is -2.45. The zero-order chi connectivity index (χ0) is 9.35. The van der Waals surface area contributed by atoms with E-state index < -0.39 is 0 Å². The smallest absolute Gasteiger partial charge is 0.0532 e. The minimum absolute atomic E-state index is 0.281. The van der Waals surface area contributed by atoms with Gasteiger partial charge in [0.15, 0.2) is 0 Å². The van der Waals surface area contributed by atoms with Crippen molar-refractivity contribution in [3.63, 3.8) is 0 Å². The van der Waals surface area contributed by atoms with Gasteiger partial charge in [0.2, 0.25) is 0 Å².